The fraction of sp³-hybridized carbons (Fsp3) is 0.538. The highest BCUT2D eigenvalue weighted by atomic mass is 16.5. The highest BCUT2D eigenvalue weighted by Gasteiger charge is 2.32. The van der Waals surface area contributed by atoms with Gasteiger partial charge in [0.25, 0.3) is 0 Å². The summed E-state index contributed by atoms with van der Waals surface area (Å²) in [4.78, 5) is 2.16. The van der Waals surface area contributed by atoms with Crippen molar-refractivity contribution in [3.8, 4) is 11.5 Å². The Morgan fingerprint density at radius 3 is 2.72 bits per heavy atom. The molecule has 0 saturated carbocycles. The number of rotatable bonds is 5. The number of hydrogen-bond acceptors (Lipinski definition) is 5. The third-order valence-corrected chi connectivity index (χ3v) is 3.41. The first kappa shape index (κ1) is 13.1. The molecule has 0 radical (unpaired) electrons. The number of ether oxygens (including phenoxy) is 2. The van der Waals surface area contributed by atoms with Gasteiger partial charge in [-0.1, -0.05) is 0 Å². The summed E-state index contributed by atoms with van der Waals surface area (Å²) in [5, 5.41) is 9.11. The topological polar surface area (TPSA) is 68.0 Å². The van der Waals surface area contributed by atoms with E-state index in [9.17, 15) is 0 Å². The first-order chi connectivity index (χ1) is 8.74. The van der Waals surface area contributed by atoms with Crippen LogP contribution in [0.3, 0.4) is 0 Å². The normalized spacial score (nSPS) is 18.8. The predicted octanol–water partition coefficient (Wildman–Crippen LogP) is 0.511. The van der Waals surface area contributed by atoms with Crippen LogP contribution in [0.15, 0.2) is 12.1 Å². The maximum absolute atomic E-state index is 9.11. The molecule has 2 rings (SSSR count). The van der Waals surface area contributed by atoms with Crippen LogP contribution in [0.25, 0.3) is 0 Å². The van der Waals surface area contributed by atoms with Gasteiger partial charge >= 0.3 is 0 Å². The molecule has 0 aromatic heterocycles. The van der Waals surface area contributed by atoms with Crippen molar-refractivity contribution in [2.45, 2.75) is 12.6 Å². The van der Waals surface area contributed by atoms with E-state index in [0.29, 0.717) is 13.1 Å². The van der Waals surface area contributed by atoms with E-state index in [0.717, 1.165) is 29.2 Å². The average Bonchev–Trinajstić information content (AvgIpc) is 2.75. The van der Waals surface area contributed by atoms with Crippen molar-refractivity contribution in [1.29, 1.82) is 0 Å². The van der Waals surface area contributed by atoms with Gasteiger partial charge in [-0.25, -0.2) is 0 Å². The van der Waals surface area contributed by atoms with E-state index in [4.69, 9.17) is 20.3 Å². The monoisotopic (exact) mass is 252 g/mol. The van der Waals surface area contributed by atoms with Crippen molar-refractivity contribution < 1.29 is 14.6 Å². The summed E-state index contributed by atoms with van der Waals surface area (Å²) in [6.45, 7) is 2.02. The molecular formula is C13H20N2O3. The molecule has 0 amide bonds. The summed E-state index contributed by atoms with van der Waals surface area (Å²) in [6, 6.07) is 4.00. The predicted molar refractivity (Wildman–Crippen MR) is 68.8 cm³/mol. The highest BCUT2D eigenvalue weighted by molar-refractivity contribution is 5.50. The minimum Gasteiger partial charge on any atom is -0.497 e. The summed E-state index contributed by atoms with van der Waals surface area (Å²) in [5.41, 5.74) is 8.14. The molecule has 0 bridgehead atoms. The molecule has 100 valence electrons. The lowest BCUT2D eigenvalue weighted by atomic mass is 10.0. The molecule has 0 fully saturated rings. The Morgan fingerprint density at radius 1 is 1.39 bits per heavy atom. The maximum atomic E-state index is 9.11. The third-order valence-electron chi connectivity index (χ3n) is 3.41. The van der Waals surface area contributed by atoms with E-state index >= 15 is 0 Å². The smallest absolute Gasteiger partial charge is 0.127 e. The second-order valence-electron chi connectivity index (χ2n) is 4.35. The van der Waals surface area contributed by atoms with E-state index in [1.165, 1.54) is 0 Å². The zero-order valence-electron chi connectivity index (χ0n) is 10.8. The van der Waals surface area contributed by atoms with Gasteiger partial charge in [-0.05, 0) is 11.6 Å². The van der Waals surface area contributed by atoms with E-state index in [1.807, 2.05) is 12.1 Å². The van der Waals surface area contributed by atoms with Gasteiger partial charge in [-0.3, -0.25) is 4.90 Å². The fourth-order valence-electron chi connectivity index (χ4n) is 2.59. The zero-order chi connectivity index (χ0) is 13.1. The maximum Gasteiger partial charge on any atom is 0.127 e. The first-order valence-electron chi connectivity index (χ1n) is 6.05. The standard InChI is InChI=1S/C13H20N2O3/c1-17-10-5-9-8-15(3-4-16)11(7-14)13(9)12(6-10)18-2/h5-6,11,16H,3-4,7-8,14H2,1-2H3. The minimum absolute atomic E-state index is 0.105. The van der Waals surface area contributed by atoms with Crippen LogP contribution < -0.4 is 15.2 Å². The number of nitrogens with two attached hydrogens (primary N) is 1. The largest absolute Gasteiger partial charge is 0.497 e. The van der Waals surface area contributed by atoms with Crippen molar-refractivity contribution >= 4 is 0 Å². The SMILES string of the molecule is COc1cc2c(c(OC)c1)C(CN)N(CCO)C2. The Kier molecular flexibility index (Phi) is 4.06. The molecule has 1 heterocycles. The summed E-state index contributed by atoms with van der Waals surface area (Å²) in [7, 11) is 3.29. The van der Waals surface area contributed by atoms with Gasteiger partial charge in [0.1, 0.15) is 11.5 Å². The fourth-order valence-corrected chi connectivity index (χ4v) is 2.59. The van der Waals surface area contributed by atoms with Crippen LogP contribution in [0.1, 0.15) is 17.2 Å². The number of hydrogen-bond donors (Lipinski definition) is 2. The molecule has 0 spiro atoms. The summed E-state index contributed by atoms with van der Waals surface area (Å²) < 4.78 is 10.7. The molecule has 3 N–H and O–H groups in total. The van der Waals surface area contributed by atoms with Gasteiger partial charge in [0.15, 0.2) is 0 Å². The number of aliphatic hydroxyl groups excluding tert-OH is 1. The van der Waals surface area contributed by atoms with Gasteiger partial charge < -0.3 is 20.3 Å². The van der Waals surface area contributed by atoms with Crippen LogP contribution in [-0.4, -0.2) is 43.9 Å². The van der Waals surface area contributed by atoms with Crippen LogP contribution in [0.5, 0.6) is 11.5 Å². The summed E-state index contributed by atoms with van der Waals surface area (Å²) in [6.07, 6.45) is 0. The molecule has 0 saturated heterocycles. The van der Waals surface area contributed by atoms with Crippen molar-refractivity contribution in [3.63, 3.8) is 0 Å². The number of nitrogens with zero attached hydrogens (tertiary/aromatic N) is 1. The van der Waals surface area contributed by atoms with Crippen molar-refractivity contribution in [3.05, 3.63) is 23.3 Å². The molecule has 18 heavy (non-hydrogen) atoms. The molecule has 0 aliphatic carbocycles. The minimum atomic E-state index is 0.105. The lowest BCUT2D eigenvalue weighted by Gasteiger charge is -2.23. The van der Waals surface area contributed by atoms with E-state index in [-0.39, 0.29) is 12.6 Å². The number of β-amino-alcohol motifs (C(OH)–C–C–N with tert-alkyl or cyclic N) is 1. The van der Waals surface area contributed by atoms with Crippen LogP contribution >= 0.6 is 0 Å². The molecule has 5 heteroatoms. The molecule has 1 aliphatic heterocycles. The number of benzene rings is 1. The van der Waals surface area contributed by atoms with Gasteiger partial charge in [-0.2, -0.15) is 0 Å². The first-order valence-corrected chi connectivity index (χ1v) is 6.05. The quantitative estimate of drug-likeness (QED) is 0.799. The molecule has 1 unspecified atom stereocenters. The van der Waals surface area contributed by atoms with E-state index in [1.54, 1.807) is 14.2 Å². The van der Waals surface area contributed by atoms with Gasteiger partial charge in [0.2, 0.25) is 0 Å². The van der Waals surface area contributed by atoms with E-state index < -0.39 is 0 Å². The van der Waals surface area contributed by atoms with Crippen LogP contribution in [-0.2, 0) is 6.54 Å². The van der Waals surface area contributed by atoms with Crippen LogP contribution in [0, 0.1) is 0 Å². The Bertz CT molecular complexity index is 423. The van der Waals surface area contributed by atoms with Crippen molar-refractivity contribution in [2.24, 2.45) is 5.73 Å². The number of fused-ring (bicyclic) bond motifs is 1. The van der Waals surface area contributed by atoms with E-state index in [2.05, 4.69) is 4.90 Å². The Hall–Kier alpha value is -1.30. The Balaban J connectivity index is 2.42. The number of aliphatic hydroxyl groups is 1. The average molecular weight is 252 g/mol. The summed E-state index contributed by atoms with van der Waals surface area (Å²) >= 11 is 0. The molecule has 1 aliphatic rings. The Labute approximate surface area is 107 Å². The number of methoxy groups -OCH3 is 2. The lowest BCUT2D eigenvalue weighted by Crippen LogP contribution is -2.30. The van der Waals surface area contributed by atoms with Crippen molar-refractivity contribution in [1.82, 2.24) is 4.90 Å². The molecule has 5 nitrogen and oxygen atoms in total. The second kappa shape index (κ2) is 5.56. The zero-order valence-corrected chi connectivity index (χ0v) is 10.8. The molecule has 1 aromatic rings. The van der Waals surface area contributed by atoms with Crippen molar-refractivity contribution in [2.75, 3.05) is 33.9 Å². The van der Waals surface area contributed by atoms with Gasteiger partial charge in [0, 0.05) is 31.3 Å². The molecular weight excluding hydrogens is 232 g/mol. The van der Waals surface area contributed by atoms with Crippen LogP contribution in [0.2, 0.25) is 0 Å². The molecule has 1 atom stereocenters. The second-order valence-corrected chi connectivity index (χ2v) is 4.35. The highest BCUT2D eigenvalue weighted by Crippen LogP contribution is 2.41. The summed E-state index contributed by atoms with van der Waals surface area (Å²) in [5.74, 6) is 1.59. The van der Waals surface area contributed by atoms with Crippen LogP contribution in [0.4, 0.5) is 0 Å². The Morgan fingerprint density at radius 2 is 2.17 bits per heavy atom. The molecule has 1 aromatic carbocycles. The van der Waals surface area contributed by atoms with Gasteiger partial charge in [-0.15, -0.1) is 0 Å². The lowest BCUT2D eigenvalue weighted by molar-refractivity contribution is 0.163. The van der Waals surface area contributed by atoms with Gasteiger partial charge in [0.05, 0.1) is 26.9 Å². The third kappa shape index (κ3) is 2.16.